The van der Waals surface area contributed by atoms with Crippen molar-refractivity contribution in [3.63, 3.8) is 0 Å². The number of hydrogen-bond donors (Lipinski definition) is 1. The van der Waals surface area contributed by atoms with Gasteiger partial charge in [-0.25, -0.2) is 0 Å². The molecular weight excluding hydrogens is 274 g/mol. The van der Waals surface area contributed by atoms with Crippen molar-refractivity contribution in [2.24, 2.45) is 0 Å². The number of aromatic nitrogens is 1. The number of carboxylic acid groups (broad SMARTS) is 1. The largest absolute Gasteiger partial charge is 0.481 e. The van der Waals surface area contributed by atoms with Gasteiger partial charge in [0.15, 0.2) is 0 Å². The van der Waals surface area contributed by atoms with E-state index in [-0.39, 0.29) is 11.8 Å². The van der Waals surface area contributed by atoms with Crippen molar-refractivity contribution in [3.8, 4) is 0 Å². The van der Waals surface area contributed by atoms with Gasteiger partial charge < -0.3 is 9.67 Å². The Balaban J connectivity index is 2.26. The molecule has 1 heterocycles. The highest BCUT2D eigenvalue weighted by Gasteiger charge is 2.25. The Morgan fingerprint density at radius 1 is 1.09 bits per heavy atom. The number of rotatable bonds is 4. The molecule has 1 N–H and O–H groups in total. The fourth-order valence-corrected chi connectivity index (χ4v) is 3.30. The molecule has 3 aromatic rings. The molecule has 0 radical (unpaired) electrons. The van der Waals surface area contributed by atoms with Gasteiger partial charge in [0.05, 0.1) is 6.42 Å². The average molecular weight is 295 g/mol. The van der Waals surface area contributed by atoms with Crippen molar-refractivity contribution in [2.75, 3.05) is 0 Å². The fraction of sp³-hybridized carbons (Fsp3) is 0.316. The fourth-order valence-electron chi connectivity index (χ4n) is 3.30. The number of fused-ring (bicyclic) bond motifs is 3. The molecule has 0 spiro atoms. The lowest BCUT2D eigenvalue weighted by molar-refractivity contribution is -0.138. The molecule has 0 aliphatic heterocycles. The quantitative estimate of drug-likeness (QED) is 0.766. The number of nitrogens with zero attached hydrogens (tertiary/aromatic N) is 1. The number of aliphatic carboxylic acids is 1. The standard InChI is InChI=1S/C19H21NO2/c1-4-20-16-8-6-5-7-14(16)15-11-13(9-10-17(15)20)19(2,3)12-18(21)22/h5-11H,4,12H2,1-3H3,(H,21,22). The lowest BCUT2D eigenvalue weighted by Crippen LogP contribution is -2.21. The SMILES string of the molecule is CCn1c2ccccc2c2cc(C(C)(C)CC(=O)O)ccc21. The summed E-state index contributed by atoms with van der Waals surface area (Å²) >= 11 is 0. The number of benzene rings is 2. The van der Waals surface area contributed by atoms with Gasteiger partial charge in [-0.2, -0.15) is 0 Å². The summed E-state index contributed by atoms with van der Waals surface area (Å²) in [5.41, 5.74) is 3.13. The zero-order chi connectivity index (χ0) is 15.9. The number of hydrogen-bond acceptors (Lipinski definition) is 1. The Labute approximate surface area is 130 Å². The zero-order valence-electron chi connectivity index (χ0n) is 13.3. The van der Waals surface area contributed by atoms with E-state index in [0.29, 0.717) is 0 Å². The summed E-state index contributed by atoms with van der Waals surface area (Å²) in [6.45, 7) is 7.04. The summed E-state index contributed by atoms with van der Waals surface area (Å²) in [6.07, 6.45) is 0.130. The van der Waals surface area contributed by atoms with Crippen molar-refractivity contribution < 1.29 is 9.90 Å². The van der Waals surface area contributed by atoms with Gasteiger partial charge in [0, 0.05) is 33.8 Å². The van der Waals surface area contributed by atoms with Gasteiger partial charge in [-0.05, 0) is 30.7 Å². The first-order valence-corrected chi connectivity index (χ1v) is 7.67. The molecule has 0 amide bonds. The highest BCUT2D eigenvalue weighted by atomic mass is 16.4. The van der Waals surface area contributed by atoms with Crippen molar-refractivity contribution in [1.29, 1.82) is 0 Å². The van der Waals surface area contributed by atoms with Gasteiger partial charge in [0.2, 0.25) is 0 Å². The predicted molar refractivity (Wildman–Crippen MR) is 90.4 cm³/mol. The molecular formula is C19H21NO2. The number of carbonyl (C=O) groups is 1. The smallest absolute Gasteiger partial charge is 0.304 e. The van der Waals surface area contributed by atoms with Crippen molar-refractivity contribution in [3.05, 3.63) is 48.0 Å². The second kappa shape index (κ2) is 5.16. The van der Waals surface area contributed by atoms with Crippen LogP contribution in [0.1, 0.15) is 32.8 Å². The van der Waals surface area contributed by atoms with Crippen LogP contribution in [-0.4, -0.2) is 15.6 Å². The molecule has 0 fully saturated rings. The molecule has 0 saturated heterocycles. The van der Waals surface area contributed by atoms with Crippen LogP contribution in [0.5, 0.6) is 0 Å². The molecule has 1 aromatic heterocycles. The van der Waals surface area contributed by atoms with E-state index in [1.54, 1.807) is 0 Å². The van der Waals surface area contributed by atoms with Crippen LogP contribution in [0.4, 0.5) is 0 Å². The topological polar surface area (TPSA) is 42.2 Å². The van der Waals surface area contributed by atoms with Crippen LogP contribution in [0.25, 0.3) is 21.8 Å². The third-order valence-electron chi connectivity index (χ3n) is 4.46. The van der Waals surface area contributed by atoms with Gasteiger partial charge in [-0.3, -0.25) is 4.79 Å². The molecule has 3 rings (SSSR count). The van der Waals surface area contributed by atoms with E-state index >= 15 is 0 Å². The van der Waals surface area contributed by atoms with E-state index in [4.69, 9.17) is 5.11 Å². The highest BCUT2D eigenvalue weighted by Crippen LogP contribution is 2.34. The summed E-state index contributed by atoms with van der Waals surface area (Å²) in [7, 11) is 0. The molecule has 0 unspecified atom stereocenters. The molecule has 0 atom stereocenters. The normalized spacial score (nSPS) is 12.1. The summed E-state index contributed by atoms with van der Waals surface area (Å²) < 4.78 is 2.30. The lowest BCUT2D eigenvalue weighted by Gasteiger charge is -2.23. The van der Waals surface area contributed by atoms with Crippen molar-refractivity contribution >= 4 is 27.8 Å². The highest BCUT2D eigenvalue weighted by molar-refractivity contribution is 6.08. The van der Waals surface area contributed by atoms with Crippen LogP contribution in [0.3, 0.4) is 0 Å². The van der Waals surface area contributed by atoms with Gasteiger partial charge in [-0.15, -0.1) is 0 Å². The predicted octanol–water partition coefficient (Wildman–Crippen LogP) is 4.57. The minimum absolute atomic E-state index is 0.130. The zero-order valence-corrected chi connectivity index (χ0v) is 13.3. The van der Waals surface area contributed by atoms with E-state index < -0.39 is 5.97 Å². The average Bonchev–Trinajstić information content (AvgIpc) is 2.79. The van der Waals surface area contributed by atoms with Gasteiger partial charge in [0.1, 0.15) is 0 Å². The summed E-state index contributed by atoms with van der Waals surface area (Å²) in [4.78, 5) is 11.1. The monoisotopic (exact) mass is 295 g/mol. The lowest BCUT2D eigenvalue weighted by atomic mass is 9.81. The molecule has 0 aliphatic carbocycles. The molecule has 2 aromatic carbocycles. The first-order chi connectivity index (χ1) is 10.4. The minimum Gasteiger partial charge on any atom is -0.481 e. The number of aryl methyl sites for hydroxylation is 1. The summed E-state index contributed by atoms with van der Waals surface area (Å²) in [5, 5.41) is 11.6. The van der Waals surface area contributed by atoms with E-state index in [1.165, 1.54) is 21.8 Å². The molecule has 114 valence electrons. The van der Waals surface area contributed by atoms with E-state index in [9.17, 15) is 4.79 Å². The maximum absolute atomic E-state index is 11.1. The summed E-state index contributed by atoms with van der Waals surface area (Å²) in [6, 6.07) is 14.7. The van der Waals surface area contributed by atoms with Crippen LogP contribution < -0.4 is 0 Å². The Hall–Kier alpha value is -2.29. The van der Waals surface area contributed by atoms with Crippen LogP contribution >= 0.6 is 0 Å². The Morgan fingerprint density at radius 2 is 1.77 bits per heavy atom. The second-order valence-corrected chi connectivity index (χ2v) is 6.45. The Bertz CT molecular complexity index is 858. The molecule has 3 heteroatoms. The minimum atomic E-state index is -0.763. The van der Waals surface area contributed by atoms with Crippen LogP contribution in [-0.2, 0) is 16.8 Å². The molecule has 22 heavy (non-hydrogen) atoms. The maximum Gasteiger partial charge on any atom is 0.304 e. The Morgan fingerprint density at radius 3 is 2.45 bits per heavy atom. The van der Waals surface area contributed by atoms with E-state index in [1.807, 2.05) is 13.8 Å². The third kappa shape index (κ3) is 2.27. The molecule has 0 saturated carbocycles. The van der Waals surface area contributed by atoms with Crippen molar-refractivity contribution in [1.82, 2.24) is 4.57 Å². The molecule has 0 bridgehead atoms. The Kier molecular flexibility index (Phi) is 3.44. The number of carboxylic acids is 1. The summed E-state index contributed by atoms with van der Waals surface area (Å²) in [5.74, 6) is -0.763. The van der Waals surface area contributed by atoms with Gasteiger partial charge >= 0.3 is 5.97 Å². The van der Waals surface area contributed by atoms with Crippen LogP contribution in [0.2, 0.25) is 0 Å². The maximum atomic E-state index is 11.1. The second-order valence-electron chi connectivity index (χ2n) is 6.45. The number of para-hydroxylation sites is 1. The van der Waals surface area contributed by atoms with Gasteiger partial charge in [-0.1, -0.05) is 38.1 Å². The van der Waals surface area contributed by atoms with E-state index in [0.717, 1.165) is 12.1 Å². The van der Waals surface area contributed by atoms with E-state index in [2.05, 4.69) is 54.0 Å². The van der Waals surface area contributed by atoms with Crippen LogP contribution in [0.15, 0.2) is 42.5 Å². The first kappa shape index (κ1) is 14.6. The van der Waals surface area contributed by atoms with Crippen LogP contribution in [0, 0.1) is 0 Å². The molecule has 3 nitrogen and oxygen atoms in total. The van der Waals surface area contributed by atoms with Crippen molar-refractivity contribution in [2.45, 2.75) is 39.2 Å². The third-order valence-corrected chi connectivity index (χ3v) is 4.46. The first-order valence-electron chi connectivity index (χ1n) is 7.67. The van der Waals surface area contributed by atoms with Gasteiger partial charge in [0.25, 0.3) is 0 Å². The molecule has 0 aliphatic rings.